The molecule has 0 radical (unpaired) electrons. The molecule has 16 heteroatoms. The first-order valence-electron chi connectivity index (χ1n) is 9.77. The lowest BCUT2D eigenvalue weighted by molar-refractivity contribution is -0.139. The Kier molecular flexibility index (Phi) is 8.77. The smallest absolute Gasteiger partial charge is 0.345 e. The Morgan fingerprint density at radius 3 is 2.43 bits per heavy atom. The average molecular weight is 553 g/mol. The maximum absolute atomic E-state index is 13.2. The number of hydrogen-bond donors (Lipinski definition) is 1. The van der Waals surface area contributed by atoms with Gasteiger partial charge in [0.15, 0.2) is 11.6 Å². The molecule has 2 atom stereocenters. The number of rotatable bonds is 11. The third kappa shape index (κ3) is 6.32. The quantitative estimate of drug-likeness (QED) is 0.378. The van der Waals surface area contributed by atoms with Crippen LogP contribution in [0.2, 0.25) is 10.0 Å². The van der Waals surface area contributed by atoms with E-state index in [9.17, 15) is 17.2 Å². The van der Waals surface area contributed by atoms with Crippen LogP contribution < -0.4 is 9.46 Å². The average Bonchev–Trinajstić information content (AvgIpc) is 3.21. The zero-order valence-corrected chi connectivity index (χ0v) is 20.9. The Morgan fingerprint density at radius 1 is 1.14 bits per heavy atom. The molecule has 2 heterocycles. The predicted octanol–water partition coefficient (Wildman–Crippen LogP) is 3.63. The Bertz CT molecular complexity index is 1260. The molecular formula is C19H20Cl2F2N6O5S. The van der Waals surface area contributed by atoms with Gasteiger partial charge in [-0.15, -0.1) is 10.2 Å². The van der Waals surface area contributed by atoms with E-state index in [1.807, 2.05) is 0 Å². The maximum Gasteiger partial charge on any atom is 0.345 e. The fourth-order valence-corrected chi connectivity index (χ4v) is 4.45. The molecule has 0 amide bonds. The highest BCUT2D eigenvalue weighted by molar-refractivity contribution is 7.93. The lowest BCUT2D eigenvalue weighted by Gasteiger charge is -2.22. The van der Waals surface area contributed by atoms with Crippen molar-refractivity contribution in [3.8, 4) is 11.4 Å². The van der Waals surface area contributed by atoms with Crippen LogP contribution in [-0.4, -0.2) is 59.2 Å². The third-order valence-corrected chi connectivity index (χ3v) is 6.97. The molecular weight excluding hydrogens is 533 g/mol. The lowest BCUT2D eigenvalue weighted by atomic mass is 10.2. The molecule has 0 saturated heterocycles. The summed E-state index contributed by atoms with van der Waals surface area (Å²) in [4.78, 5) is 8.04. The van der Waals surface area contributed by atoms with Gasteiger partial charge in [0.25, 0.3) is 0 Å². The zero-order chi connectivity index (χ0) is 25.8. The molecule has 3 rings (SSSR count). The normalized spacial score (nSPS) is 13.6. The zero-order valence-electron chi connectivity index (χ0n) is 18.5. The van der Waals surface area contributed by atoms with E-state index in [-0.39, 0.29) is 33.3 Å². The van der Waals surface area contributed by atoms with Crippen LogP contribution >= 0.6 is 23.2 Å². The maximum atomic E-state index is 13.2. The van der Waals surface area contributed by atoms with Crippen molar-refractivity contribution in [1.82, 2.24) is 24.7 Å². The molecule has 0 bridgehead atoms. The number of nitrogens with one attached hydrogen (secondary N) is 1. The number of benzene rings is 1. The molecule has 3 aromatic rings. The van der Waals surface area contributed by atoms with Crippen molar-refractivity contribution in [2.24, 2.45) is 0 Å². The van der Waals surface area contributed by atoms with E-state index in [1.165, 1.54) is 45.7 Å². The van der Waals surface area contributed by atoms with E-state index in [1.54, 1.807) is 6.07 Å². The Hall–Kier alpha value is -2.65. The van der Waals surface area contributed by atoms with Crippen LogP contribution in [0.3, 0.4) is 0 Å². The molecule has 0 fully saturated rings. The summed E-state index contributed by atoms with van der Waals surface area (Å²) < 4.78 is 70.2. The second-order valence-corrected chi connectivity index (χ2v) is 9.81. The SMILES string of the molecule is COc1ccc(Cl)c(-n2c(COC(F)F)nnc2NS(=O)(=O)C(C)C(OC)c2ncc(Cl)cn2)c1. The minimum absolute atomic E-state index is 0.0816. The van der Waals surface area contributed by atoms with E-state index in [0.29, 0.717) is 5.75 Å². The molecule has 2 unspecified atom stereocenters. The molecule has 1 aromatic carbocycles. The number of sulfonamides is 1. The first kappa shape index (κ1) is 26.9. The number of ether oxygens (including phenoxy) is 3. The van der Waals surface area contributed by atoms with Crippen LogP contribution in [0.4, 0.5) is 14.7 Å². The summed E-state index contributed by atoms with van der Waals surface area (Å²) in [5, 5.41) is 6.78. The minimum atomic E-state index is -4.23. The Balaban J connectivity index is 2.01. The van der Waals surface area contributed by atoms with Gasteiger partial charge in [-0.1, -0.05) is 23.2 Å². The summed E-state index contributed by atoms with van der Waals surface area (Å²) in [5.74, 6) is -0.0275. The van der Waals surface area contributed by atoms with Gasteiger partial charge in [-0.05, 0) is 19.1 Å². The van der Waals surface area contributed by atoms with Gasteiger partial charge in [0.2, 0.25) is 16.0 Å². The van der Waals surface area contributed by atoms with Gasteiger partial charge in [-0.25, -0.2) is 18.4 Å². The number of hydrogen-bond acceptors (Lipinski definition) is 9. The van der Waals surface area contributed by atoms with Crippen molar-refractivity contribution in [3.63, 3.8) is 0 Å². The molecule has 11 nitrogen and oxygen atoms in total. The Morgan fingerprint density at radius 2 is 1.83 bits per heavy atom. The van der Waals surface area contributed by atoms with Crippen LogP contribution in [0.5, 0.6) is 5.75 Å². The molecule has 0 aliphatic rings. The number of halogens is 4. The second kappa shape index (κ2) is 11.4. The van der Waals surface area contributed by atoms with Gasteiger partial charge >= 0.3 is 6.61 Å². The van der Waals surface area contributed by atoms with Crippen molar-refractivity contribution >= 4 is 39.2 Å². The molecule has 0 aliphatic carbocycles. The van der Waals surface area contributed by atoms with E-state index >= 15 is 0 Å². The topological polar surface area (TPSA) is 130 Å². The molecule has 35 heavy (non-hydrogen) atoms. The predicted molar refractivity (Wildman–Crippen MR) is 123 cm³/mol. The number of alkyl halides is 2. The van der Waals surface area contributed by atoms with Crippen molar-refractivity contribution in [3.05, 3.63) is 52.3 Å². The fourth-order valence-electron chi connectivity index (χ4n) is 3.02. The number of nitrogens with zero attached hydrogens (tertiary/aromatic N) is 5. The van der Waals surface area contributed by atoms with E-state index in [0.717, 1.165) is 4.57 Å². The molecule has 0 spiro atoms. The largest absolute Gasteiger partial charge is 0.497 e. The first-order valence-corrected chi connectivity index (χ1v) is 12.1. The van der Waals surface area contributed by atoms with Crippen molar-refractivity contribution in [2.45, 2.75) is 31.5 Å². The monoisotopic (exact) mass is 552 g/mol. The number of methoxy groups -OCH3 is 2. The van der Waals surface area contributed by atoms with Gasteiger partial charge in [-0.2, -0.15) is 8.78 Å². The molecule has 2 aromatic heterocycles. The highest BCUT2D eigenvalue weighted by atomic mass is 35.5. The van der Waals surface area contributed by atoms with Crippen LogP contribution in [-0.2, 0) is 26.1 Å². The summed E-state index contributed by atoms with van der Waals surface area (Å²) in [6.45, 7) is -2.41. The molecule has 1 N–H and O–H groups in total. The second-order valence-electron chi connectivity index (χ2n) is 6.93. The summed E-state index contributed by atoms with van der Waals surface area (Å²) >= 11 is 12.1. The fraction of sp³-hybridized carbons (Fsp3) is 0.368. The minimum Gasteiger partial charge on any atom is -0.497 e. The summed E-state index contributed by atoms with van der Waals surface area (Å²) in [6.07, 6.45) is 1.53. The molecule has 190 valence electrons. The summed E-state index contributed by atoms with van der Waals surface area (Å²) in [7, 11) is -1.52. The number of anilines is 1. The van der Waals surface area contributed by atoms with Crippen molar-refractivity contribution in [1.29, 1.82) is 0 Å². The van der Waals surface area contributed by atoms with Crippen LogP contribution in [0.1, 0.15) is 24.7 Å². The molecule has 0 saturated carbocycles. The van der Waals surface area contributed by atoms with E-state index < -0.39 is 34.6 Å². The van der Waals surface area contributed by atoms with Crippen LogP contribution in [0.15, 0.2) is 30.6 Å². The standard InChI is InChI=1S/C19H20Cl2F2N6O5S/c1-10(16(33-3)17-24-7-11(20)8-25-17)35(30,31)28-19-27-26-15(9-34-18(22)23)29(19)14-6-12(32-2)4-5-13(14)21/h4-8,10,16,18H,9H2,1-3H3,(H,27,28). The van der Waals surface area contributed by atoms with E-state index in [2.05, 4.69) is 29.6 Å². The highest BCUT2D eigenvalue weighted by Crippen LogP contribution is 2.31. The summed E-state index contributed by atoms with van der Waals surface area (Å²) in [5.41, 5.74) is 0.165. The molecule has 0 aliphatic heterocycles. The highest BCUT2D eigenvalue weighted by Gasteiger charge is 2.34. The van der Waals surface area contributed by atoms with Gasteiger partial charge in [0, 0.05) is 25.6 Å². The van der Waals surface area contributed by atoms with Crippen molar-refractivity contribution < 1.29 is 31.4 Å². The van der Waals surface area contributed by atoms with Crippen LogP contribution in [0, 0.1) is 0 Å². The number of aromatic nitrogens is 5. The van der Waals surface area contributed by atoms with Crippen molar-refractivity contribution in [2.75, 3.05) is 18.9 Å². The van der Waals surface area contributed by atoms with Gasteiger partial charge in [-0.3, -0.25) is 9.29 Å². The lowest BCUT2D eigenvalue weighted by Crippen LogP contribution is -2.33. The van der Waals surface area contributed by atoms with Gasteiger partial charge in [0.05, 0.1) is 22.8 Å². The first-order chi connectivity index (χ1) is 16.6. The van der Waals surface area contributed by atoms with Gasteiger partial charge in [0.1, 0.15) is 23.7 Å². The summed E-state index contributed by atoms with van der Waals surface area (Å²) in [6, 6.07) is 4.50. The third-order valence-electron chi connectivity index (χ3n) is 4.76. The van der Waals surface area contributed by atoms with Gasteiger partial charge < -0.3 is 14.2 Å². The van der Waals surface area contributed by atoms with E-state index in [4.69, 9.17) is 32.7 Å². The Labute approximate surface area is 209 Å². The van der Waals surface area contributed by atoms with Crippen LogP contribution in [0.25, 0.3) is 5.69 Å².